The first kappa shape index (κ1) is 11.7. The van der Waals surface area contributed by atoms with Crippen LogP contribution in [0.1, 0.15) is 17.5 Å². The molecule has 4 nitrogen and oxygen atoms in total. The second-order valence-electron chi connectivity index (χ2n) is 4.28. The van der Waals surface area contributed by atoms with E-state index < -0.39 is 0 Å². The molecule has 0 saturated heterocycles. The minimum atomic E-state index is -0.361. The van der Waals surface area contributed by atoms with Crippen LogP contribution in [0, 0.1) is 0 Å². The predicted octanol–water partition coefficient (Wildman–Crippen LogP) is 2.88. The van der Waals surface area contributed by atoms with Gasteiger partial charge in [0.15, 0.2) is 0 Å². The number of aromatic nitrogens is 1. The highest BCUT2D eigenvalue weighted by molar-refractivity contribution is 5.79. The molecule has 0 aliphatic heterocycles. The molecule has 0 fully saturated rings. The van der Waals surface area contributed by atoms with Crippen molar-refractivity contribution < 1.29 is 9.15 Å². The number of pyridine rings is 1. The SMILES string of the molecule is COc1ccc2cc(C(N)c3ccccn3)oc2c1. The maximum atomic E-state index is 6.16. The highest BCUT2D eigenvalue weighted by atomic mass is 16.5. The van der Waals surface area contributed by atoms with Crippen LogP contribution in [0.25, 0.3) is 11.0 Å². The molecule has 0 amide bonds. The average Bonchev–Trinajstić information content (AvgIpc) is 2.90. The Morgan fingerprint density at radius 1 is 1.21 bits per heavy atom. The lowest BCUT2D eigenvalue weighted by atomic mass is 10.1. The number of ether oxygens (including phenoxy) is 1. The first-order valence-corrected chi connectivity index (χ1v) is 6.02. The van der Waals surface area contributed by atoms with Gasteiger partial charge >= 0.3 is 0 Å². The van der Waals surface area contributed by atoms with Gasteiger partial charge in [0.05, 0.1) is 12.8 Å². The van der Waals surface area contributed by atoms with Gasteiger partial charge in [0.25, 0.3) is 0 Å². The van der Waals surface area contributed by atoms with Crippen molar-refractivity contribution in [3.05, 3.63) is 60.1 Å². The molecule has 2 N–H and O–H groups in total. The van der Waals surface area contributed by atoms with E-state index in [4.69, 9.17) is 14.9 Å². The Morgan fingerprint density at radius 3 is 2.84 bits per heavy atom. The van der Waals surface area contributed by atoms with Crippen molar-refractivity contribution >= 4 is 11.0 Å². The molecule has 0 radical (unpaired) electrons. The largest absolute Gasteiger partial charge is 0.497 e. The number of benzene rings is 1. The molecule has 1 aromatic carbocycles. The summed E-state index contributed by atoms with van der Waals surface area (Å²) in [4.78, 5) is 4.25. The zero-order valence-electron chi connectivity index (χ0n) is 10.5. The lowest BCUT2D eigenvalue weighted by Gasteiger charge is -2.06. The Morgan fingerprint density at radius 2 is 2.11 bits per heavy atom. The molecule has 19 heavy (non-hydrogen) atoms. The van der Waals surface area contributed by atoms with Gasteiger partial charge in [0, 0.05) is 17.6 Å². The molecule has 3 rings (SSSR count). The van der Waals surface area contributed by atoms with Crippen LogP contribution in [0.5, 0.6) is 5.75 Å². The van der Waals surface area contributed by atoms with Crippen molar-refractivity contribution in [3.63, 3.8) is 0 Å². The first-order chi connectivity index (χ1) is 9.28. The number of methoxy groups -OCH3 is 1. The average molecular weight is 254 g/mol. The van der Waals surface area contributed by atoms with Gasteiger partial charge in [0.1, 0.15) is 23.1 Å². The van der Waals surface area contributed by atoms with Crippen LogP contribution in [0.15, 0.2) is 53.1 Å². The minimum Gasteiger partial charge on any atom is -0.497 e. The maximum Gasteiger partial charge on any atom is 0.138 e. The molecule has 2 aromatic heterocycles. The third kappa shape index (κ3) is 2.18. The molecular weight excluding hydrogens is 240 g/mol. The summed E-state index contributed by atoms with van der Waals surface area (Å²) in [5.41, 5.74) is 7.71. The van der Waals surface area contributed by atoms with E-state index in [0.29, 0.717) is 5.76 Å². The van der Waals surface area contributed by atoms with Crippen molar-refractivity contribution in [2.75, 3.05) is 7.11 Å². The van der Waals surface area contributed by atoms with Gasteiger partial charge in [0.2, 0.25) is 0 Å². The lowest BCUT2D eigenvalue weighted by molar-refractivity contribution is 0.414. The summed E-state index contributed by atoms with van der Waals surface area (Å²) in [6, 6.07) is 12.9. The highest BCUT2D eigenvalue weighted by Gasteiger charge is 2.15. The zero-order chi connectivity index (χ0) is 13.2. The molecule has 0 bridgehead atoms. The molecule has 0 aliphatic rings. The van der Waals surface area contributed by atoms with Gasteiger partial charge in [-0.2, -0.15) is 0 Å². The fourth-order valence-electron chi connectivity index (χ4n) is 2.02. The summed E-state index contributed by atoms with van der Waals surface area (Å²) < 4.78 is 11.0. The molecule has 0 saturated carbocycles. The van der Waals surface area contributed by atoms with Gasteiger partial charge in [-0.15, -0.1) is 0 Å². The predicted molar refractivity (Wildman–Crippen MR) is 73.0 cm³/mol. The Balaban J connectivity index is 2.01. The summed E-state index contributed by atoms with van der Waals surface area (Å²) in [5, 5.41) is 1.00. The number of rotatable bonds is 3. The van der Waals surface area contributed by atoms with Crippen LogP contribution in [0.4, 0.5) is 0 Å². The van der Waals surface area contributed by atoms with E-state index in [0.717, 1.165) is 22.4 Å². The number of nitrogens with zero attached hydrogens (tertiary/aromatic N) is 1. The molecule has 3 aromatic rings. The number of fused-ring (bicyclic) bond motifs is 1. The van der Waals surface area contributed by atoms with E-state index in [1.807, 2.05) is 42.5 Å². The summed E-state index contributed by atoms with van der Waals surface area (Å²) in [5.74, 6) is 1.46. The van der Waals surface area contributed by atoms with Crippen molar-refractivity contribution in [3.8, 4) is 5.75 Å². The molecule has 96 valence electrons. The molecular formula is C15H14N2O2. The van der Waals surface area contributed by atoms with E-state index in [1.165, 1.54) is 0 Å². The summed E-state index contributed by atoms with van der Waals surface area (Å²) in [7, 11) is 1.63. The summed E-state index contributed by atoms with van der Waals surface area (Å²) in [6.45, 7) is 0. The topological polar surface area (TPSA) is 61.3 Å². The Labute approximate surface area is 110 Å². The minimum absolute atomic E-state index is 0.361. The van der Waals surface area contributed by atoms with Crippen LogP contribution in [-0.2, 0) is 0 Å². The Bertz CT molecular complexity index is 692. The van der Waals surface area contributed by atoms with Crippen LogP contribution in [0.2, 0.25) is 0 Å². The van der Waals surface area contributed by atoms with Crippen molar-refractivity contribution in [1.29, 1.82) is 0 Å². The first-order valence-electron chi connectivity index (χ1n) is 6.02. The van der Waals surface area contributed by atoms with E-state index in [2.05, 4.69) is 4.98 Å². The van der Waals surface area contributed by atoms with Gasteiger partial charge in [-0.3, -0.25) is 4.98 Å². The number of hydrogen-bond donors (Lipinski definition) is 1. The summed E-state index contributed by atoms with van der Waals surface area (Å²) >= 11 is 0. The quantitative estimate of drug-likeness (QED) is 0.780. The van der Waals surface area contributed by atoms with Gasteiger partial charge in [-0.1, -0.05) is 6.07 Å². The van der Waals surface area contributed by atoms with Crippen LogP contribution in [-0.4, -0.2) is 12.1 Å². The molecule has 1 atom stereocenters. The third-order valence-electron chi connectivity index (χ3n) is 3.06. The maximum absolute atomic E-state index is 6.16. The van der Waals surface area contributed by atoms with E-state index in [1.54, 1.807) is 13.3 Å². The second-order valence-corrected chi connectivity index (χ2v) is 4.28. The van der Waals surface area contributed by atoms with Gasteiger partial charge < -0.3 is 14.9 Å². The van der Waals surface area contributed by atoms with E-state index in [-0.39, 0.29) is 6.04 Å². The van der Waals surface area contributed by atoms with Crippen molar-refractivity contribution in [1.82, 2.24) is 4.98 Å². The molecule has 0 aliphatic carbocycles. The molecule has 2 heterocycles. The lowest BCUT2D eigenvalue weighted by Crippen LogP contribution is -2.12. The zero-order valence-corrected chi connectivity index (χ0v) is 10.5. The molecule has 0 spiro atoms. The Hall–Kier alpha value is -2.33. The number of nitrogens with two attached hydrogens (primary N) is 1. The van der Waals surface area contributed by atoms with Crippen LogP contribution >= 0.6 is 0 Å². The number of hydrogen-bond acceptors (Lipinski definition) is 4. The second kappa shape index (κ2) is 4.74. The number of furan rings is 1. The molecule has 1 unspecified atom stereocenters. The molecule has 4 heteroatoms. The van der Waals surface area contributed by atoms with E-state index in [9.17, 15) is 0 Å². The van der Waals surface area contributed by atoms with Crippen molar-refractivity contribution in [2.45, 2.75) is 6.04 Å². The third-order valence-corrected chi connectivity index (χ3v) is 3.06. The smallest absolute Gasteiger partial charge is 0.138 e. The van der Waals surface area contributed by atoms with Gasteiger partial charge in [-0.25, -0.2) is 0 Å². The van der Waals surface area contributed by atoms with Crippen LogP contribution in [0.3, 0.4) is 0 Å². The van der Waals surface area contributed by atoms with Crippen molar-refractivity contribution in [2.24, 2.45) is 5.73 Å². The van der Waals surface area contributed by atoms with Gasteiger partial charge in [-0.05, 0) is 30.3 Å². The van der Waals surface area contributed by atoms with Crippen LogP contribution < -0.4 is 10.5 Å². The Kier molecular flexibility index (Phi) is 2.93. The highest BCUT2D eigenvalue weighted by Crippen LogP contribution is 2.28. The monoisotopic (exact) mass is 254 g/mol. The standard InChI is InChI=1S/C15H14N2O2/c1-18-11-6-5-10-8-14(19-13(10)9-11)15(16)12-4-2-3-7-17-12/h2-9,15H,16H2,1H3. The fourth-order valence-corrected chi connectivity index (χ4v) is 2.02. The normalized spacial score (nSPS) is 12.5. The fraction of sp³-hybridized carbons (Fsp3) is 0.133. The van der Waals surface area contributed by atoms with E-state index >= 15 is 0 Å². The summed E-state index contributed by atoms with van der Waals surface area (Å²) in [6.07, 6.45) is 1.72.